The van der Waals surface area contributed by atoms with E-state index < -0.39 is 0 Å². The molecule has 0 atom stereocenters. The van der Waals surface area contributed by atoms with Gasteiger partial charge >= 0.3 is 0 Å². The maximum atomic E-state index is 4.81. The molecule has 19 heavy (non-hydrogen) atoms. The average Bonchev–Trinajstić information content (AvgIpc) is 2.78. The third-order valence-electron chi connectivity index (χ3n) is 3.58. The van der Waals surface area contributed by atoms with Crippen LogP contribution in [0.2, 0.25) is 0 Å². The highest BCUT2D eigenvalue weighted by Crippen LogP contribution is 2.30. The van der Waals surface area contributed by atoms with E-state index in [0.29, 0.717) is 6.04 Å². The molecule has 0 unspecified atom stereocenters. The van der Waals surface area contributed by atoms with E-state index in [0.717, 1.165) is 12.8 Å². The molecule has 1 heterocycles. The van der Waals surface area contributed by atoms with Crippen LogP contribution in [-0.4, -0.2) is 9.78 Å². The minimum atomic E-state index is 0.416. The second-order valence-corrected chi connectivity index (χ2v) is 5.38. The normalized spacial score (nSPS) is 11.3. The molecule has 0 aliphatic heterocycles. The van der Waals surface area contributed by atoms with Gasteiger partial charge in [-0.05, 0) is 39.2 Å². The van der Waals surface area contributed by atoms with Gasteiger partial charge in [-0.1, -0.05) is 43.7 Å². The molecule has 0 amide bonds. The minimum Gasteiger partial charge on any atom is -0.266 e. The van der Waals surface area contributed by atoms with Crippen LogP contribution in [0.25, 0.3) is 11.1 Å². The van der Waals surface area contributed by atoms with Gasteiger partial charge < -0.3 is 0 Å². The van der Waals surface area contributed by atoms with Crippen molar-refractivity contribution in [3.63, 3.8) is 0 Å². The third kappa shape index (κ3) is 2.58. The van der Waals surface area contributed by atoms with Crippen molar-refractivity contribution in [2.24, 2.45) is 0 Å². The van der Waals surface area contributed by atoms with Gasteiger partial charge in [-0.25, -0.2) is 0 Å². The number of benzene rings is 1. The molecule has 0 N–H and O–H groups in total. The first-order valence-electron chi connectivity index (χ1n) is 7.25. The summed E-state index contributed by atoms with van der Waals surface area (Å²) in [6.07, 6.45) is 2.00. The summed E-state index contributed by atoms with van der Waals surface area (Å²) in [5.74, 6) is 0. The van der Waals surface area contributed by atoms with Crippen LogP contribution in [0.3, 0.4) is 0 Å². The molecule has 2 aromatic rings. The largest absolute Gasteiger partial charge is 0.266 e. The maximum absolute atomic E-state index is 4.81. The zero-order valence-electron chi connectivity index (χ0n) is 12.7. The van der Waals surface area contributed by atoms with E-state index in [1.807, 2.05) is 0 Å². The molecule has 0 radical (unpaired) electrons. The van der Waals surface area contributed by atoms with Gasteiger partial charge in [0.05, 0.1) is 5.69 Å². The molecule has 2 nitrogen and oxygen atoms in total. The van der Waals surface area contributed by atoms with E-state index >= 15 is 0 Å². The van der Waals surface area contributed by atoms with Crippen LogP contribution in [0.1, 0.15) is 50.7 Å². The Labute approximate surface area is 116 Å². The Morgan fingerprint density at radius 3 is 2.16 bits per heavy atom. The number of rotatable bonds is 4. The van der Waals surface area contributed by atoms with Crippen molar-refractivity contribution in [1.82, 2.24) is 9.78 Å². The predicted octanol–water partition coefficient (Wildman–Crippen LogP) is 4.56. The number of aryl methyl sites for hydroxylation is 2. The summed E-state index contributed by atoms with van der Waals surface area (Å²) >= 11 is 0. The second-order valence-electron chi connectivity index (χ2n) is 5.38. The Morgan fingerprint density at radius 2 is 1.68 bits per heavy atom. The average molecular weight is 256 g/mol. The molecule has 2 heteroatoms. The van der Waals surface area contributed by atoms with Crippen LogP contribution in [0, 0.1) is 6.92 Å². The Balaban J connectivity index is 2.63. The van der Waals surface area contributed by atoms with Crippen molar-refractivity contribution in [2.45, 2.75) is 53.5 Å². The molecule has 0 saturated heterocycles. The SMILES string of the molecule is CCc1nn(C(C)C)c(CC)c1-c1ccc(C)cc1. The number of hydrogen-bond acceptors (Lipinski definition) is 1. The van der Waals surface area contributed by atoms with Crippen LogP contribution >= 0.6 is 0 Å². The highest BCUT2D eigenvalue weighted by atomic mass is 15.3. The first-order valence-corrected chi connectivity index (χ1v) is 7.25. The molecule has 2 rings (SSSR count). The van der Waals surface area contributed by atoms with Crippen LogP contribution < -0.4 is 0 Å². The predicted molar refractivity (Wildman–Crippen MR) is 81.5 cm³/mol. The number of aromatic nitrogens is 2. The minimum absolute atomic E-state index is 0.416. The van der Waals surface area contributed by atoms with Crippen LogP contribution in [0.4, 0.5) is 0 Å². The summed E-state index contributed by atoms with van der Waals surface area (Å²) in [4.78, 5) is 0. The molecule has 0 aliphatic carbocycles. The van der Waals surface area contributed by atoms with E-state index in [4.69, 9.17) is 5.10 Å². The lowest BCUT2D eigenvalue weighted by atomic mass is 9.99. The highest BCUT2D eigenvalue weighted by molar-refractivity contribution is 5.69. The summed E-state index contributed by atoms with van der Waals surface area (Å²) in [5, 5.41) is 4.81. The van der Waals surface area contributed by atoms with Crippen LogP contribution in [-0.2, 0) is 12.8 Å². The summed E-state index contributed by atoms with van der Waals surface area (Å²) in [6.45, 7) is 10.9. The molecule has 1 aromatic heterocycles. The summed E-state index contributed by atoms with van der Waals surface area (Å²) in [5.41, 5.74) is 6.52. The van der Waals surface area contributed by atoms with Crippen molar-refractivity contribution >= 4 is 0 Å². The molecule has 0 bridgehead atoms. The highest BCUT2D eigenvalue weighted by Gasteiger charge is 2.18. The molecule has 0 fully saturated rings. The molecule has 0 aliphatic rings. The van der Waals surface area contributed by atoms with Crippen molar-refractivity contribution < 1.29 is 0 Å². The van der Waals surface area contributed by atoms with Gasteiger partial charge in [-0.3, -0.25) is 4.68 Å². The molecule has 0 saturated carbocycles. The number of nitrogens with zero attached hydrogens (tertiary/aromatic N) is 2. The lowest BCUT2D eigenvalue weighted by Gasteiger charge is -2.11. The Hall–Kier alpha value is -1.57. The fraction of sp³-hybridized carbons (Fsp3) is 0.471. The standard InChI is InChI=1S/C17H24N2/c1-6-15-17(14-10-8-13(5)9-11-14)16(7-2)19(18-15)12(3)4/h8-12H,6-7H2,1-5H3. The maximum Gasteiger partial charge on any atom is 0.0703 e. The zero-order chi connectivity index (χ0) is 14.0. The summed E-state index contributed by atoms with van der Waals surface area (Å²) < 4.78 is 2.19. The van der Waals surface area contributed by atoms with Crippen LogP contribution in [0.5, 0.6) is 0 Å². The van der Waals surface area contributed by atoms with Gasteiger partial charge in [0, 0.05) is 17.3 Å². The van der Waals surface area contributed by atoms with E-state index in [-0.39, 0.29) is 0 Å². The summed E-state index contributed by atoms with van der Waals surface area (Å²) in [7, 11) is 0. The molecular weight excluding hydrogens is 232 g/mol. The van der Waals surface area contributed by atoms with Crippen molar-refractivity contribution in [1.29, 1.82) is 0 Å². The topological polar surface area (TPSA) is 17.8 Å². The zero-order valence-corrected chi connectivity index (χ0v) is 12.7. The van der Waals surface area contributed by atoms with E-state index in [9.17, 15) is 0 Å². The van der Waals surface area contributed by atoms with E-state index in [2.05, 4.69) is 63.6 Å². The number of hydrogen-bond donors (Lipinski definition) is 0. The van der Waals surface area contributed by atoms with Crippen LogP contribution in [0.15, 0.2) is 24.3 Å². The van der Waals surface area contributed by atoms with Crippen molar-refractivity contribution in [3.05, 3.63) is 41.2 Å². The van der Waals surface area contributed by atoms with Crippen molar-refractivity contribution in [2.75, 3.05) is 0 Å². The Bertz CT molecular complexity index is 547. The first-order chi connectivity index (χ1) is 9.08. The third-order valence-corrected chi connectivity index (χ3v) is 3.58. The Kier molecular flexibility index (Phi) is 4.08. The van der Waals surface area contributed by atoms with Gasteiger partial charge in [0.1, 0.15) is 0 Å². The molecular formula is C17H24N2. The van der Waals surface area contributed by atoms with E-state index in [1.165, 1.54) is 28.1 Å². The monoisotopic (exact) mass is 256 g/mol. The van der Waals surface area contributed by atoms with Gasteiger partial charge in [-0.15, -0.1) is 0 Å². The van der Waals surface area contributed by atoms with E-state index in [1.54, 1.807) is 0 Å². The Morgan fingerprint density at radius 1 is 1.05 bits per heavy atom. The second kappa shape index (κ2) is 5.60. The fourth-order valence-corrected chi connectivity index (χ4v) is 2.59. The molecule has 102 valence electrons. The summed E-state index contributed by atoms with van der Waals surface area (Å²) in [6, 6.07) is 9.21. The lowest BCUT2D eigenvalue weighted by Crippen LogP contribution is -2.07. The lowest BCUT2D eigenvalue weighted by molar-refractivity contribution is 0.507. The smallest absolute Gasteiger partial charge is 0.0703 e. The fourth-order valence-electron chi connectivity index (χ4n) is 2.59. The molecule has 1 aromatic carbocycles. The van der Waals surface area contributed by atoms with Gasteiger partial charge in [0.15, 0.2) is 0 Å². The van der Waals surface area contributed by atoms with Gasteiger partial charge in [-0.2, -0.15) is 5.10 Å². The van der Waals surface area contributed by atoms with Crippen molar-refractivity contribution in [3.8, 4) is 11.1 Å². The van der Waals surface area contributed by atoms with Gasteiger partial charge in [0.2, 0.25) is 0 Å². The quantitative estimate of drug-likeness (QED) is 0.784. The molecule has 0 spiro atoms. The van der Waals surface area contributed by atoms with Gasteiger partial charge in [0.25, 0.3) is 0 Å². The first kappa shape index (κ1) is 13.9.